The Morgan fingerprint density at radius 2 is 1.66 bits per heavy atom. The summed E-state index contributed by atoms with van der Waals surface area (Å²) in [4.78, 5) is 55.6. The Labute approximate surface area is 253 Å². The number of hydrogen-bond donors (Lipinski definition) is 7. The fraction of sp³-hybridized carbons (Fsp3) is 0.355. The van der Waals surface area contributed by atoms with Gasteiger partial charge in [0.05, 0.1) is 17.3 Å². The Morgan fingerprint density at radius 1 is 1.02 bits per heavy atom. The first-order valence-electron chi connectivity index (χ1n) is 13.9. The number of nitrogens with two attached hydrogens (primary N) is 1. The van der Waals surface area contributed by atoms with Crippen LogP contribution in [-0.2, 0) is 20.8 Å². The van der Waals surface area contributed by atoms with Gasteiger partial charge in [0.15, 0.2) is 17.1 Å². The highest BCUT2D eigenvalue weighted by atomic mass is 16.3. The van der Waals surface area contributed by atoms with E-state index in [4.69, 9.17) is 5.73 Å². The minimum atomic E-state index is -2.74. The number of fused-ring (bicyclic) bond motifs is 3. The van der Waals surface area contributed by atoms with Crippen LogP contribution in [0.1, 0.15) is 23.1 Å². The van der Waals surface area contributed by atoms with E-state index < -0.39 is 69.8 Å². The molecule has 0 radical (unpaired) electrons. The van der Waals surface area contributed by atoms with Crippen LogP contribution in [0.3, 0.4) is 0 Å². The summed E-state index contributed by atoms with van der Waals surface area (Å²) < 4.78 is 0. The molecule has 5 rings (SSSR count). The molecule has 13 nitrogen and oxygen atoms in total. The van der Waals surface area contributed by atoms with Crippen LogP contribution in [0, 0.1) is 18.8 Å². The average Bonchev–Trinajstić information content (AvgIpc) is 2.93. The number of aryl methyl sites for hydroxylation is 1. The highest BCUT2D eigenvalue weighted by molar-refractivity contribution is 6.24. The highest BCUT2D eigenvalue weighted by Gasteiger charge is 2.64. The molecule has 0 heterocycles. The van der Waals surface area contributed by atoms with Gasteiger partial charge in [-0.15, -0.1) is 0 Å². The third-order valence-electron chi connectivity index (χ3n) is 8.74. The lowest BCUT2D eigenvalue weighted by atomic mass is 9.57. The van der Waals surface area contributed by atoms with Gasteiger partial charge in [0.2, 0.25) is 5.78 Å². The summed E-state index contributed by atoms with van der Waals surface area (Å²) in [6, 6.07) is 6.76. The Kier molecular flexibility index (Phi) is 7.42. The number of primary amides is 1. The zero-order valence-electron chi connectivity index (χ0n) is 24.9. The number of Topliss-reactive ketones (excluding diaryl/α,β-unsaturated/α-hetero) is 2. The highest BCUT2D eigenvalue weighted by Crippen LogP contribution is 2.54. The summed E-state index contributed by atoms with van der Waals surface area (Å²) >= 11 is 0. The maximum absolute atomic E-state index is 14.1. The normalized spacial score (nSPS) is 24.5. The van der Waals surface area contributed by atoms with Crippen LogP contribution in [0.2, 0.25) is 0 Å². The largest absolute Gasteiger partial charge is 0.508 e. The maximum atomic E-state index is 14.1. The van der Waals surface area contributed by atoms with Crippen LogP contribution in [0.15, 0.2) is 47.2 Å². The van der Waals surface area contributed by atoms with Gasteiger partial charge in [0, 0.05) is 37.0 Å². The Bertz CT molecular complexity index is 1680. The molecule has 2 aromatic rings. The number of nitrogens with one attached hydrogen (secondary N) is 2. The van der Waals surface area contributed by atoms with Gasteiger partial charge in [0.1, 0.15) is 17.1 Å². The second-order valence-corrected chi connectivity index (χ2v) is 11.9. The third-order valence-corrected chi connectivity index (χ3v) is 8.74. The molecule has 3 amide bonds. The monoisotopic (exact) mass is 605 g/mol. The van der Waals surface area contributed by atoms with Crippen LogP contribution in [0.25, 0.3) is 5.76 Å². The molecule has 0 aromatic heterocycles. The summed E-state index contributed by atoms with van der Waals surface area (Å²) in [7, 11) is 6.55. The standard InChI is InChI=1S/C31H35N5O8/c1-13-6-8-15(9-7-13)33-30(43)34-18-12-19(35(2)3)16-10-14-11-17-23(36(4)5)26(39)22(29(32)42)28(41)31(17,44)27(40)20(14)25(38)21(16)24(18)37/h6-9,12,14,17,23,37-38,41,44H,10-11H2,1-5H3,(H2,32,42)(H2,33,34,43). The predicted molar refractivity (Wildman–Crippen MR) is 162 cm³/mol. The number of nitrogens with zero attached hydrogens (tertiary/aromatic N) is 2. The summed E-state index contributed by atoms with van der Waals surface area (Å²) in [6.45, 7) is 1.90. The number of carbonyl (C=O) groups is 4. The third kappa shape index (κ3) is 4.55. The van der Waals surface area contributed by atoms with E-state index in [1.807, 2.05) is 19.1 Å². The number of hydrogen-bond acceptors (Lipinski definition) is 10. The lowest BCUT2D eigenvalue weighted by Crippen LogP contribution is -2.65. The van der Waals surface area contributed by atoms with E-state index in [-0.39, 0.29) is 29.7 Å². The van der Waals surface area contributed by atoms with Crippen molar-refractivity contribution >= 4 is 46.3 Å². The molecule has 0 spiro atoms. The number of carbonyl (C=O) groups excluding carboxylic acids is 4. The molecule has 232 valence electrons. The summed E-state index contributed by atoms with van der Waals surface area (Å²) in [5.74, 6) is -7.46. The van der Waals surface area contributed by atoms with Gasteiger partial charge in [-0.25, -0.2) is 4.79 Å². The van der Waals surface area contributed by atoms with Crippen LogP contribution in [0.4, 0.5) is 21.9 Å². The molecular weight excluding hydrogens is 570 g/mol. The average molecular weight is 606 g/mol. The van der Waals surface area contributed by atoms with Gasteiger partial charge in [-0.2, -0.15) is 0 Å². The van der Waals surface area contributed by atoms with Crippen molar-refractivity contribution in [3.8, 4) is 5.75 Å². The van der Waals surface area contributed by atoms with E-state index in [9.17, 15) is 39.6 Å². The van der Waals surface area contributed by atoms with Crippen molar-refractivity contribution in [3.05, 3.63) is 63.9 Å². The second kappa shape index (κ2) is 10.7. The number of rotatable bonds is 5. The maximum Gasteiger partial charge on any atom is 0.323 e. The summed E-state index contributed by atoms with van der Waals surface area (Å²) in [6.07, 6.45) is 0.0871. The van der Waals surface area contributed by atoms with Crippen LogP contribution < -0.4 is 21.3 Å². The number of benzene rings is 2. The molecule has 3 aliphatic carbocycles. The fourth-order valence-electron chi connectivity index (χ4n) is 6.71. The number of anilines is 3. The molecule has 44 heavy (non-hydrogen) atoms. The quantitative estimate of drug-likeness (QED) is 0.195. The summed E-state index contributed by atoms with van der Waals surface area (Å²) in [5, 5.41) is 51.0. The van der Waals surface area contributed by atoms with E-state index in [0.29, 0.717) is 16.9 Å². The zero-order chi connectivity index (χ0) is 32.4. The SMILES string of the molecule is Cc1ccc(NC(=O)Nc2cc(N(C)C)c3c(c2O)C(O)=C2C(=O)C4(O)C(O)=C(C(N)=O)C(=O)C(N(C)C)C4CC2C3)cc1. The summed E-state index contributed by atoms with van der Waals surface area (Å²) in [5.41, 5.74) is 3.81. The van der Waals surface area contributed by atoms with Crippen molar-refractivity contribution in [3.63, 3.8) is 0 Å². The second-order valence-electron chi connectivity index (χ2n) is 11.9. The molecule has 2 aromatic carbocycles. The predicted octanol–water partition coefficient (Wildman–Crippen LogP) is 1.98. The van der Waals surface area contributed by atoms with Gasteiger partial charge in [-0.3, -0.25) is 19.3 Å². The first kappa shape index (κ1) is 30.6. The van der Waals surface area contributed by atoms with Gasteiger partial charge in [-0.05, 0) is 63.5 Å². The molecule has 1 fully saturated rings. The number of amides is 3. The topological polar surface area (TPSA) is 206 Å². The minimum Gasteiger partial charge on any atom is -0.508 e. The van der Waals surface area contributed by atoms with Crippen molar-refractivity contribution in [2.75, 3.05) is 43.7 Å². The van der Waals surface area contributed by atoms with E-state index >= 15 is 0 Å². The van der Waals surface area contributed by atoms with Crippen molar-refractivity contribution < 1.29 is 39.6 Å². The van der Waals surface area contributed by atoms with E-state index in [0.717, 1.165) is 5.56 Å². The van der Waals surface area contributed by atoms with E-state index in [2.05, 4.69) is 10.6 Å². The van der Waals surface area contributed by atoms with Crippen LogP contribution >= 0.6 is 0 Å². The minimum absolute atomic E-state index is 0.0294. The lowest BCUT2D eigenvalue weighted by molar-refractivity contribution is -0.153. The number of ketones is 2. The van der Waals surface area contributed by atoms with E-state index in [1.54, 1.807) is 51.3 Å². The molecular formula is C31H35N5O8. The number of phenols is 1. The molecule has 0 saturated heterocycles. The number of phenolic OH excluding ortho intramolecular Hbond substituents is 1. The Balaban J connectivity index is 1.63. The Hall–Kier alpha value is -4.88. The van der Waals surface area contributed by atoms with Gasteiger partial charge >= 0.3 is 6.03 Å². The smallest absolute Gasteiger partial charge is 0.323 e. The fourth-order valence-corrected chi connectivity index (χ4v) is 6.71. The Morgan fingerprint density at radius 3 is 2.23 bits per heavy atom. The van der Waals surface area contributed by atoms with Crippen molar-refractivity contribution in [2.24, 2.45) is 17.6 Å². The van der Waals surface area contributed by atoms with Crippen molar-refractivity contribution in [1.29, 1.82) is 0 Å². The molecule has 4 atom stereocenters. The van der Waals surface area contributed by atoms with Crippen molar-refractivity contribution in [1.82, 2.24) is 4.90 Å². The number of aliphatic hydroxyl groups excluding tert-OH is 2. The van der Waals surface area contributed by atoms with Crippen molar-refractivity contribution in [2.45, 2.75) is 31.4 Å². The first-order chi connectivity index (χ1) is 20.6. The van der Waals surface area contributed by atoms with Crippen LogP contribution in [0.5, 0.6) is 5.75 Å². The van der Waals surface area contributed by atoms with Gasteiger partial charge in [0.25, 0.3) is 5.91 Å². The lowest BCUT2D eigenvalue weighted by Gasteiger charge is -2.50. The van der Waals surface area contributed by atoms with Gasteiger partial charge < -0.3 is 41.7 Å². The van der Waals surface area contributed by atoms with E-state index in [1.165, 1.54) is 4.90 Å². The zero-order valence-corrected chi connectivity index (χ0v) is 24.9. The molecule has 3 aliphatic rings. The van der Waals surface area contributed by atoms with Crippen LogP contribution in [-0.4, -0.2) is 88.7 Å². The number of likely N-dealkylation sites (N-methyl/N-ethyl adjacent to an activating group) is 1. The molecule has 8 N–H and O–H groups in total. The molecule has 1 saturated carbocycles. The molecule has 4 unspecified atom stereocenters. The molecule has 0 aliphatic heterocycles. The number of aliphatic hydroxyl groups is 3. The number of aromatic hydroxyl groups is 1. The van der Waals surface area contributed by atoms with Gasteiger partial charge in [-0.1, -0.05) is 17.7 Å². The first-order valence-corrected chi connectivity index (χ1v) is 13.9. The number of urea groups is 1. The molecule has 0 bridgehead atoms. The molecule has 13 heteroatoms.